The zero-order chi connectivity index (χ0) is 17.1. The van der Waals surface area contributed by atoms with E-state index >= 15 is 0 Å². The van der Waals surface area contributed by atoms with Crippen molar-refractivity contribution in [3.05, 3.63) is 82.2 Å². The molecule has 2 aromatic carbocycles. The number of thiophene rings is 1. The van der Waals surface area contributed by atoms with Gasteiger partial charge in [0.05, 0.1) is 10.4 Å². The van der Waals surface area contributed by atoms with Crippen molar-refractivity contribution in [1.29, 1.82) is 0 Å². The van der Waals surface area contributed by atoms with Gasteiger partial charge in [0.25, 0.3) is 0 Å². The van der Waals surface area contributed by atoms with Crippen LogP contribution in [0.15, 0.2) is 60.7 Å². The number of carbonyl (C=O) groups is 2. The number of benzene rings is 2. The molecule has 0 unspecified atom stereocenters. The fraction of sp³-hybridized carbons (Fsp3) is 0.0526. The highest BCUT2D eigenvalue weighted by molar-refractivity contribution is 7.18. The zero-order valence-corrected chi connectivity index (χ0v) is 13.8. The van der Waals surface area contributed by atoms with E-state index < -0.39 is 5.97 Å². The number of hydrogen-bond acceptors (Lipinski definition) is 4. The highest BCUT2D eigenvalue weighted by Gasteiger charge is 2.25. The van der Waals surface area contributed by atoms with Crippen LogP contribution >= 0.6 is 11.3 Å². The molecule has 24 heavy (non-hydrogen) atoms. The van der Waals surface area contributed by atoms with Crippen molar-refractivity contribution in [3.8, 4) is 0 Å². The normalized spacial score (nSPS) is 10.4. The van der Waals surface area contributed by atoms with Crippen LogP contribution in [-0.4, -0.2) is 16.9 Å². The minimum Gasteiger partial charge on any atom is -0.478 e. The lowest BCUT2D eigenvalue weighted by molar-refractivity contribution is 0.0697. The summed E-state index contributed by atoms with van der Waals surface area (Å²) in [5, 5.41) is 13.1. The van der Waals surface area contributed by atoms with E-state index in [0.717, 1.165) is 5.69 Å². The average Bonchev–Trinajstić information content (AvgIpc) is 2.92. The summed E-state index contributed by atoms with van der Waals surface area (Å²) in [6.07, 6.45) is 0. The molecule has 0 aliphatic rings. The van der Waals surface area contributed by atoms with Crippen molar-refractivity contribution in [2.45, 2.75) is 6.92 Å². The quantitative estimate of drug-likeness (QED) is 0.661. The predicted octanol–water partition coefficient (Wildman–Crippen LogP) is 4.73. The summed E-state index contributed by atoms with van der Waals surface area (Å²) in [5.74, 6) is -1.21. The molecular weight excluding hydrogens is 322 g/mol. The second-order valence-electron chi connectivity index (χ2n) is 5.25. The maximum absolute atomic E-state index is 12.7. The average molecular weight is 337 g/mol. The van der Waals surface area contributed by atoms with Crippen LogP contribution in [0.5, 0.6) is 0 Å². The van der Waals surface area contributed by atoms with Crippen molar-refractivity contribution in [3.63, 3.8) is 0 Å². The summed E-state index contributed by atoms with van der Waals surface area (Å²) < 4.78 is 0. The number of aromatic carboxylic acids is 1. The van der Waals surface area contributed by atoms with Gasteiger partial charge in [0.2, 0.25) is 5.78 Å². The van der Waals surface area contributed by atoms with Crippen molar-refractivity contribution in [1.82, 2.24) is 0 Å². The Morgan fingerprint density at radius 2 is 1.54 bits per heavy atom. The third-order valence-electron chi connectivity index (χ3n) is 3.63. The first-order chi connectivity index (χ1) is 11.6. The van der Waals surface area contributed by atoms with E-state index in [2.05, 4.69) is 5.32 Å². The second-order valence-corrected chi connectivity index (χ2v) is 6.27. The maximum atomic E-state index is 12.7. The molecule has 3 rings (SSSR count). The van der Waals surface area contributed by atoms with Crippen LogP contribution in [0.25, 0.3) is 0 Å². The fourth-order valence-corrected chi connectivity index (χ4v) is 3.63. The van der Waals surface area contributed by atoms with Crippen LogP contribution < -0.4 is 5.32 Å². The Morgan fingerprint density at radius 1 is 0.958 bits per heavy atom. The van der Waals surface area contributed by atoms with E-state index in [0.29, 0.717) is 21.0 Å². The van der Waals surface area contributed by atoms with Crippen molar-refractivity contribution in [2.24, 2.45) is 0 Å². The predicted molar refractivity (Wildman–Crippen MR) is 95.6 cm³/mol. The van der Waals surface area contributed by atoms with Crippen LogP contribution in [0.3, 0.4) is 0 Å². The lowest BCUT2D eigenvalue weighted by Crippen LogP contribution is -2.04. The number of nitrogens with one attached hydrogen (secondary N) is 1. The summed E-state index contributed by atoms with van der Waals surface area (Å²) in [7, 11) is 0. The minimum atomic E-state index is -1.05. The third-order valence-corrected chi connectivity index (χ3v) is 4.84. The third kappa shape index (κ3) is 3.07. The molecule has 0 amide bonds. The molecular formula is C19H15NO3S. The summed E-state index contributed by atoms with van der Waals surface area (Å²) in [4.78, 5) is 24.8. The Bertz CT molecular complexity index is 886. The molecule has 0 atom stereocenters. The molecule has 120 valence electrons. The van der Waals surface area contributed by atoms with Gasteiger partial charge in [0.15, 0.2) is 0 Å². The lowest BCUT2D eigenvalue weighted by Gasteiger charge is -2.04. The first-order valence-electron chi connectivity index (χ1n) is 7.36. The van der Waals surface area contributed by atoms with Gasteiger partial charge in [0, 0.05) is 11.3 Å². The van der Waals surface area contributed by atoms with Crippen molar-refractivity contribution >= 4 is 33.8 Å². The summed E-state index contributed by atoms with van der Waals surface area (Å²) in [6.45, 7) is 1.67. The maximum Gasteiger partial charge on any atom is 0.339 e. The molecule has 0 saturated heterocycles. The molecule has 3 aromatic rings. The van der Waals surface area contributed by atoms with Gasteiger partial charge in [-0.25, -0.2) is 4.79 Å². The van der Waals surface area contributed by atoms with E-state index in [1.54, 1.807) is 31.2 Å². The van der Waals surface area contributed by atoms with E-state index in [9.17, 15) is 14.7 Å². The van der Waals surface area contributed by atoms with Gasteiger partial charge in [0.1, 0.15) is 5.00 Å². The molecule has 0 radical (unpaired) electrons. The molecule has 0 spiro atoms. The summed E-state index contributed by atoms with van der Waals surface area (Å²) in [6, 6.07) is 18.2. The highest BCUT2D eigenvalue weighted by atomic mass is 32.1. The Kier molecular flexibility index (Phi) is 4.44. The number of rotatable bonds is 5. The van der Waals surface area contributed by atoms with Crippen molar-refractivity contribution < 1.29 is 14.7 Å². The highest BCUT2D eigenvalue weighted by Crippen LogP contribution is 2.36. The largest absolute Gasteiger partial charge is 0.478 e. The van der Waals surface area contributed by atoms with Crippen molar-refractivity contribution in [2.75, 3.05) is 5.32 Å². The standard InChI is InChI=1S/C19H15NO3S/c1-12-15(19(22)23)18(20-14-10-6-3-7-11-14)24-17(12)16(21)13-8-4-2-5-9-13/h2-11,20H,1H3,(H,22,23). The molecule has 1 heterocycles. The van der Waals surface area contributed by atoms with Gasteiger partial charge < -0.3 is 10.4 Å². The molecule has 5 heteroatoms. The molecule has 0 saturated carbocycles. The van der Waals surface area contributed by atoms with E-state index in [4.69, 9.17) is 0 Å². The number of carboxylic acid groups (broad SMARTS) is 1. The summed E-state index contributed by atoms with van der Waals surface area (Å²) in [5.41, 5.74) is 1.95. The number of para-hydroxylation sites is 1. The Morgan fingerprint density at radius 3 is 2.12 bits per heavy atom. The van der Waals surface area contributed by atoms with Gasteiger partial charge in [-0.2, -0.15) is 0 Å². The Balaban J connectivity index is 2.04. The molecule has 0 bridgehead atoms. The topological polar surface area (TPSA) is 66.4 Å². The number of carboxylic acids is 1. The van der Waals surface area contributed by atoms with Crippen LogP contribution in [-0.2, 0) is 0 Å². The lowest BCUT2D eigenvalue weighted by atomic mass is 10.0. The molecule has 4 nitrogen and oxygen atoms in total. The molecule has 2 N–H and O–H groups in total. The molecule has 0 aliphatic heterocycles. The fourth-order valence-electron chi connectivity index (χ4n) is 2.45. The zero-order valence-electron chi connectivity index (χ0n) is 12.9. The number of carbonyl (C=O) groups excluding carboxylic acids is 1. The number of ketones is 1. The van der Waals surface area contributed by atoms with Crippen LogP contribution in [0.4, 0.5) is 10.7 Å². The van der Waals surface area contributed by atoms with Crippen LogP contribution in [0.2, 0.25) is 0 Å². The van der Waals surface area contributed by atoms with Gasteiger partial charge in [-0.3, -0.25) is 4.79 Å². The monoisotopic (exact) mass is 337 g/mol. The van der Waals surface area contributed by atoms with Gasteiger partial charge in [-0.05, 0) is 24.6 Å². The first kappa shape index (κ1) is 16.0. The smallest absolute Gasteiger partial charge is 0.339 e. The van der Waals surface area contributed by atoms with Gasteiger partial charge in [-0.1, -0.05) is 48.5 Å². The number of anilines is 2. The van der Waals surface area contributed by atoms with Gasteiger partial charge in [-0.15, -0.1) is 11.3 Å². The summed E-state index contributed by atoms with van der Waals surface area (Å²) >= 11 is 1.17. The number of hydrogen-bond donors (Lipinski definition) is 2. The molecule has 1 aromatic heterocycles. The minimum absolute atomic E-state index is 0.142. The van der Waals surface area contributed by atoms with E-state index in [1.165, 1.54) is 11.3 Å². The second kappa shape index (κ2) is 6.68. The van der Waals surface area contributed by atoms with Gasteiger partial charge >= 0.3 is 5.97 Å². The Labute approximate surface area is 143 Å². The van der Waals surface area contributed by atoms with Crippen LogP contribution in [0.1, 0.15) is 31.2 Å². The molecule has 0 aliphatic carbocycles. The van der Waals surface area contributed by atoms with Crippen LogP contribution in [0, 0.1) is 6.92 Å². The SMILES string of the molecule is Cc1c(C(=O)c2ccccc2)sc(Nc2ccccc2)c1C(=O)O. The Hall–Kier alpha value is -2.92. The first-order valence-corrected chi connectivity index (χ1v) is 8.18. The molecule has 0 fully saturated rings. The van der Waals surface area contributed by atoms with E-state index in [-0.39, 0.29) is 11.3 Å². The van der Waals surface area contributed by atoms with E-state index in [1.807, 2.05) is 36.4 Å².